The number of benzene rings is 10. The van der Waals surface area contributed by atoms with E-state index in [-0.39, 0.29) is 0 Å². The molecule has 0 radical (unpaired) electrons. The zero-order chi connectivity index (χ0) is 38.4. The van der Waals surface area contributed by atoms with E-state index in [4.69, 9.17) is 4.42 Å². The van der Waals surface area contributed by atoms with Crippen molar-refractivity contribution in [3.8, 4) is 44.5 Å². The van der Waals surface area contributed by atoms with Crippen LogP contribution in [0, 0.1) is 0 Å². The summed E-state index contributed by atoms with van der Waals surface area (Å²) in [5, 5.41) is 7.12. The molecule has 0 saturated heterocycles. The molecule has 0 saturated carbocycles. The van der Waals surface area contributed by atoms with E-state index in [9.17, 15) is 0 Å². The number of hydrogen-bond acceptors (Lipinski definition) is 2. The van der Waals surface area contributed by atoms with E-state index < -0.39 is 0 Å². The lowest BCUT2D eigenvalue weighted by Gasteiger charge is -2.29. The Morgan fingerprint density at radius 2 is 0.741 bits per heavy atom. The summed E-state index contributed by atoms with van der Waals surface area (Å²) in [4.78, 5) is 2.40. The first kappa shape index (κ1) is 33.6. The maximum Gasteiger partial charge on any atom is 0.136 e. The monoisotopic (exact) mass is 739 g/mol. The van der Waals surface area contributed by atoms with Gasteiger partial charge in [-0.05, 0) is 109 Å². The summed E-state index contributed by atoms with van der Waals surface area (Å²) < 4.78 is 6.57. The van der Waals surface area contributed by atoms with Crippen molar-refractivity contribution in [3.05, 3.63) is 224 Å². The molecule has 1 aromatic heterocycles. The highest BCUT2D eigenvalue weighted by Gasteiger charge is 2.23. The Bertz CT molecular complexity index is 3240. The van der Waals surface area contributed by atoms with Gasteiger partial charge >= 0.3 is 0 Å². The molecule has 2 heteroatoms. The van der Waals surface area contributed by atoms with Crippen LogP contribution >= 0.6 is 0 Å². The first-order valence-electron chi connectivity index (χ1n) is 19.8. The van der Waals surface area contributed by atoms with Gasteiger partial charge in [0.1, 0.15) is 11.2 Å². The van der Waals surface area contributed by atoms with Crippen LogP contribution in [0.15, 0.2) is 229 Å². The van der Waals surface area contributed by atoms with Crippen LogP contribution in [0.5, 0.6) is 0 Å². The minimum atomic E-state index is 0.867. The molecule has 0 atom stereocenters. The number of furan rings is 1. The fraction of sp³-hybridized carbons (Fsp3) is 0. The Kier molecular flexibility index (Phi) is 8.19. The average Bonchev–Trinajstić information content (AvgIpc) is 3.69. The Morgan fingerprint density at radius 1 is 0.293 bits per heavy atom. The van der Waals surface area contributed by atoms with Gasteiger partial charge in [0.05, 0.1) is 5.69 Å². The Balaban J connectivity index is 1.11. The molecule has 0 unspecified atom stereocenters. The van der Waals surface area contributed by atoms with Crippen molar-refractivity contribution in [2.75, 3.05) is 4.90 Å². The first-order valence-corrected chi connectivity index (χ1v) is 19.8. The molecule has 11 rings (SSSR count). The molecular formula is C56H37NO. The van der Waals surface area contributed by atoms with Crippen LogP contribution < -0.4 is 4.90 Å². The summed E-state index contributed by atoms with van der Waals surface area (Å²) in [5.41, 5.74) is 14.4. The molecular weight excluding hydrogens is 703 g/mol. The van der Waals surface area contributed by atoms with Crippen LogP contribution in [0.2, 0.25) is 0 Å². The molecule has 10 aromatic carbocycles. The standard InChI is InChI=1S/C56H37NO/c1-3-11-38(12-4-1)40-19-21-41(22-20-40)43-29-33-48(34-30-43)57(47-31-27-42(28-32-47)39-13-5-2-6-14-39)52-35-36-54-56(50-17-9-10-18-53(50)58-54)55(52)46-26-25-45-24-23-44-15-7-8-16-49(44)51(45)37-46/h1-37H. The molecule has 272 valence electrons. The summed E-state index contributed by atoms with van der Waals surface area (Å²) in [7, 11) is 0. The fourth-order valence-electron chi connectivity index (χ4n) is 8.59. The lowest BCUT2D eigenvalue weighted by atomic mass is 9.92. The second-order valence-electron chi connectivity index (χ2n) is 14.9. The van der Waals surface area contributed by atoms with Crippen LogP contribution in [0.3, 0.4) is 0 Å². The van der Waals surface area contributed by atoms with Gasteiger partial charge in [-0.15, -0.1) is 0 Å². The molecule has 2 nitrogen and oxygen atoms in total. The first-order chi connectivity index (χ1) is 28.7. The van der Waals surface area contributed by atoms with Crippen LogP contribution in [0.1, 0.15) is 0 Å². The molecule has 1 heterocycles. The molecule has 0 aliphatic rings. The highest BCUT2D eigenvalue weighted by atomic mass is 16.3. The lowest BCUT2D eigenvalue weighted by Crippen LogP contribution is -2.11. The summed E-state index contributed by atoms with van der Waals surface area (Å²) in [6.45, 7) is 0. The topological polar surface area (TPSA) is 16.4 Å². The van der Waals surface area contributed by atoms with E-state index in [2.05, 4.69) is 223 Å². The van der Waals surface area contributed by atoms with Gasteiger partial charge in [-0.25, -0.2) is 0 Å². The number of anilines is 3. The molecule has 0 N–H and O–H groups in total. The van der Waals surface area contributed by atoms with Gasteiger partial charge in [-0.2, -0.15) is 0 Å². The molecule has 0 amide bonds. The molecule has 0 aliphatic heterocycles. The van der Waals surface area contributed by atoms with Gasteiger partial charge in [0.25, 0.3) is 0 Å². The minimum absolute atomic E-state index is 0.867. The van der Waals surface area contributed by atoms with Crippen molar-refractivity contribution in [2.24, 2.45) is 0 Å². The molecule has 0 bridgehead atoms. The molecule has 58 heavy (non-hydrogen) atoms. The predicted molar refractivity (Wildman–Crippen MR) is 245 cm³/mol. The zero-order valence-electron chi connectivity index (χ0n) is 31.7. The second-order valence-corrected chi connectivity index (χ2v) is 14.9. The summed E-state index contributed by atoms with van der Waals surface area (Å²) in [6.07, 6.45) is 0. The van der Waals surface area contributed by atoms with E-state index in [1.807, 2.05) is 6.07 Å². The molecule has 0 fully saturated rings. The van der Waals surface area contributed by atoms with Crippen molar-refractivity contribution in [2.45, 2.75) is 0 Å². The van der Waals surface area contributed by atoms with Gasteiger partial charge in [-0.1, -0.05) is 176 Å². The van der Waals surface area contributed by atoms with Crippen molar-refractivity contribution in [1.82, 2.24) is 0 Å². The molecule has 11 aromatic rings. The number of rotatable bonds is 7. The third-order valence-electron chi connectivity index (χ3n) is 11.5. The quantitative estimate of drug-likeness (QED) is 0.151. The third-order valence-corrected chi connectivity index (χ3v) is 11.5. The number of nitrogens with zero attached hydrogens (tertiary/aromatic N) is 1. The van der Waals surface area contributed by atoms with Crippen molar-refractivity contribution in [3.63, 3.8) is 0 Å². The zero-order valence-corrected chi connectivity index (χ0v) is 31.7. The third kappa shape index (κ3) is 5.91. The van der Waals surface area contributed by atoms with Gasteiger partial charge < -0.3 is 9.32 Å². The van der Waals surface area contributed by atoms with Crippen molar-refractivity contribution >= 4 is 60.5 Å². The number of hydrogen-bond donors (Lipinski definition) is 0. The summed E-state index contributed by atoms with van der Waals surface area (Å²) in [6, 6.07) is 80.7. The van der Waals surface area contributed by atoms with Gasteiger partial charge in [0.15, 0.2) is 0 Å². The molecule has 0 spiro atoms. The van der Waals surface area contributed by atoms with Gasteiger partial charge in [0, 0.05) is 27.7 Å². The Hall–Kier alpha value is -7.68. The van der Waals surface area contributed by atoms with Crippen molar-refractivity contribution in [1.29, 1.82) is 0 Å². The van der Waals surface area contributed by atoms with E-state index in [1.54, 1.807) is 0 Å². The average molecular weight is 740 g/mol. The highest BCUT2D eigenvalue weighted by Crippen LogP contribution is 2.48. The number of para-hydroxylation sites is 1. The maximum atomic E-state index is 6.57. The summed E-state index contributed by atoms with van der Waals surface area (Å²) >= 11 is 0. The highest BCUT2D eigenvalue weighted by molar-refractivity contribution is 6.18. The van der Waals surface area contributed by atoms with Gasteiger partial charge in [0.2, 0.25) is 0 Å². The van der Waals surface area contributed by atoms with E-state index in [0.717, 1.165) is 50.1 Å². The predicted octanol–water partition coefficient (Wildman–Crippen LogP) is 16.0. The van der Waals surface area contributed by atoms with Crippen LogP contribution in [0.25, 0.3) is 88.0 Å². The fourth-order valence-corrected chi connectivity index (χ4v) is 8.59. The SMILES string of the molecule is c1ccc(-c2ccc(-c3ccc(N(c4ccc(-c5ccccc5)cc4)c4ccc5oc6ccccc6c5c4-c4ccc5ccc6ccccc6c5c4)cc3)cc2)cc1. The molecule has 0 aliphatic carbocycles. The van der Waals surface area contributed by atoms with E-state index >= 15 is 0 Å². The number of fused-ring (bicyclic) bond motifs is 6. The summed E-state index contributed by atoms with van der Waals surface area (Å²) in [5.74, 6) is 0. The van der Waals surface area contributed by atoms with Gasteiger partial charge in [-0.3, -0.25) is 0 Å². The smallest absolute Gasteiger partial charge is 0.136 e. The lowest BCUT2D eigenvalue weighted by molar-refractivity contribution is 0.669. The normalized spacial score (nSPS) is 11.4. The van der Waals surface area contributed by atoms with E-state index in [0.29, 0.717) is 0 Å². The Morgan fingerprint density at radius 3 is 1.34 bits per heavy atom. The van der Waals surface area contributed by atoms with Crippen LogP contribution in [0.4, 0.5) is 17.1 Å². The minimum Gasteiger partial charge on any atom is -0.456 e. The second kappa shape index (κ2) is 14.1. The van der Waals surface area contributed by atoms with Crippen molar-refractivity contribution < 1.29 is 4.42 Å². The van der Waals surface area contributed by atoms with E-state index in [1.165, 1.54) is 54.9 Å². The Labute approximate surface area is 337 Å². The van der Waals surface area contributed by atoms with Crippen LogP contribution in [-0.2, 0) is 0 Å². The largest absolute Gasteiger partial charge is 0.456 e. The van der Waals surface area contributed by atoms with Crippen LogP contribution in [-0.4, -0.2) is 0 Å². The maximum absolute atomic E-state index is 6.57.